The van der Waals surface area contributed by atoms with Crippen LogP contribution < -0.4 is 20.6 Å². The maximum absolute atomic E-state index is 12.7. The molecule has 9 nitrogen and oxygen atoms in total. The third kappa shape index (κ3) is 4.11. The van der Waals surface area contributed by atoms with Gasteiger partial charge in [-0.1, -0.05) is 29.4 Å². The molecule has 4 rings (SSSR count). The second-order valence-corrected chi connectivity index (χ2v) is 6.55. The molecule has 4 aromatic rings. The minimum atomic E-state index is -0.716. The lowest BCUT2D eigenvalue weighted by molar-refractivity contribution is 0.340. The number of rotatable bonds is 7. The van der Waals surface area contributed by atoms with Crippen LogP contribution in [0, 0.1) is 0 Å². The highest BCUT2D eigenvalue weighted by Gasteiger charge is 2.14. The standard InChI is InChI=1S/C22H20N4O5/c1-3-30-16-8-6-7-15(13-16)20-23-19(31-24-20)14-25-11-12-26(22(28)21(25)27)17-9-4-5-10-18(17)29-2/h4-13H,3,14H2,1-2H3. The molecule has 0 aliphatic carbocycles. The third-order valence-corrected chi connectivity index (χ3v) is 4.58. The minimum Gasteiger partial charge on any atom is -0.495 e. The average Bonchev–Trinajstić information content (AvgIpc) is 3.26. The van der Waals surface area contributed by atoms with Crippen LogP contribution in [0.2, 0.25) is 0 Å². The lowest BCUT2D eigenvalue weighted by atomic mass is 10.2. The molecule has 2 heterocycles. The first-order valence-corrected chi connectivity index (χ1v) is 9.62. The first kappa shape index (κ1) is 20.1. The zero-order chi connectivity index (χ0) is 21.8. The normalized spacial score (nSPS) is 10.8. The number of nitrogens with zero attached hydrogens (tertiary/aromatic N) is 4. The molecule has 0 aliphatic heterocycles. The summed E-state index contributed by atoms with van der Waals surface area (Å²) in [4.78, 5) is 29.6. The Balaban J connectivity index is 1.61. The van der Waals surface area contributed by atoms with Crippen LogP contribution in [0.5, 0.6) is 11.5 Å². The summed E-state index contributed by atoms with van der Waals surface area (Å²) in [5.74, 6) is 1.75. The van der Waals surface area contributed by atoms with Gasteiger partial charge in [-0.3, -0.25) is 18.7 Å². The maximum atomic E-state index is 12.7. The van der Waals surface area contributed by atoms with E-state index in [4.69, 9.17) is 14.0 Å². The Kier molecular flexibility index (Phi) is 5.65. The van der Waals surface area contributed by atoms with Crippen LogP contribution in [0.1, 0.15) is 12.8 Å². The van der Waals surface area contributed by atoms with E-state index in [-0.39, 0.29) is 12.4 Å². The van der Waals surface area contributed by atoms with Crippen molar-refractivity contribution in [2.45, 2.75) is 13.5 Å². The molecule has 0 atom stereocenters. The van der Waals surface area contributed by atoms with E-state index in [1.165, 1.54) is 28.6 Å². The first-order valence-electron chi connectivity index (χ1n) is 9.62. The van der Waals surface area contributed by atoms with Gasteiger partial charge < -0.3 is 14.0 Å². The number of hydrogen-bond donors (Lipinski definition) is 0. The molecule has 2 aromatic carbocycles. The molecule has 0 unspecified atom stereocenters. The minimum absolute atomic E-state index is 0.0288. The van der Waals surface area contributed by atoms with Crippen LogP contribution in [0.15, 0.2) is 75.0 Å². The number of ether oxygens (including phenoxy) is 2. The van der Waals surface area contributed by atoms with E-state index in [9.17, 15) is 9.59 Å². The molecule has 0 fully saturated rings. The number of benzene rings is 2. The fourth-order valence-electron chi connectivity index (χ4n) is 3.13. The van der Waals surface area contributed by atoms with Gasteiger partial charge in [0.05, 0.1) is 19.4 Å². The van der Waals surface area contributed by atoms with Gasteiger partial charge in [0.15, 0.2) is 0 Å². The molecule has 0 aliphatic rings. The lowest BCUT2D eigenvalue weighted by Crippen LogP contribution is -2.40. The van der Waals surface area contributed by atoms with Gasteiger partial charge in [-0.05, 0) is 31.2 Å². The van der Waals surface area contributed by atoms with E-state index in [1.54, 1.807) is 30.3 Å². The molecule has 0 saturated heterocycles. The van der Waals surface area contributed by atoms with E-state index < -0.39 is 11.1 Å². The molecular weight excluding hydrogens is 400 g/mol. The highest BCUT2D eigenvalue weighted by atomic mass is 16.5. The summed E-state index contributed by atoms with van der Waals surface area (Å²) in [6.07, 6.45) is 3.00. The second-order valence-electron chi connectivity index (χ2n) is 6.55. The van der Waals surface area contributed by atoms with Crippen molar-refractivity contribution in [3.05, 3.63) is 87.5 Å². The maximum Gasteiger partial charge on any atom is 0.321 e. The molecule has 0 amide bonds. The van der Waals surface area contributed by atoms with Crippen molar-refractivity contribution in [3.8, 4) is 28.6 Å². The van der Waals surface area contributed by atoms with Crippen LogP contribution >= 0.6 is 0 Å². The number of methoxy groups -OCH3 is 1. The highest BCUT2D eigenvalue weighted by molar-refractivity contribution is 5.56. The van der Waals surface area contributed by atoms with Gasteiger partial charge in [0.1, 0.15) is 18.0 Å². The van der Waals surface area contributed by atoms with Crippen molar-refractivity contribution < 1.29 is 14.0 Å². The summed E-state index contributed by atoms with van der Waals surface area (Å²) in [5.41, 5.74) is -0.226. The number of aromatic nitrogens is 4. The Hall–Kier alpha value is -4.14. The van der Waals surface area contributed by atoms with Gasteiger partial charge >= 0.3 is 11.1 Å². The topological polar surface area (TPSA) is 101 Å². The van der Waals surface area contributed by atoms with Gasteiger partial charge in [-0.25, -0.2) is 0 Å². The van der Waals surface area contributed by atoms with E-state index >= 15 is 0 Å². The predicted octanol–water partition coefficient (Wildman–Crippen LogP) is 2.50. The summed E-state index contributed by atoms with van der Waals surface area (Å²) in [6, 6.07) is 14.3. The Morgan fingerprint density at radius 3 is 2.68 bits per heavy atom. The molecule has 2 aromatic heterocycles. The highest BCUT2D eigenvalue weighted by Crippen LogP contribution is 2.22. The van der Waals surface area contributed by atoms with Gasteiger partial charge in [0, 0.05) is 18.0 Å². The Bertz CT molecular complexity index is 1320. The Morgan fingerprint density at radius 2 is 1.87 bits per heavy atom. The zero-order valence-corrected chi connectivity index (χ0v) is 17.0. The Morgan fingerprint density at radius 1 is 1.03 bits per heavy atom. The molecule has 158 valence electrons. The molecule has 0 saturated carbocycles. The third-order valence-electron chi connectivity index (χ3n) is 4.58. The van der Waals surface area contributed by atoms with Gasteiger partial charge in [0.25, 0.3) is 0 Å². The van der Waals surface area contributed by atoms with Crippen molar-refractivity contribution >= 4 is 0 Å². The van der Waals surface area contributed by atoms with Crippen molar-refractivity contribution in [3.63, 3.8) is 0 Å². The molecule has 0 spiro atoms. The fraction of sp³-hybridized carbons (Fsp3) is 0.182. The van der Waals surface area contributed by atoms with E-state index in [2.05, 4.69) is 10.1 Å². The quantitative estimate of drug-likeness (QED) is 0.423. The summed E-state index contributed by atoms with van der Waals surface area (Å²) >= 11 is 0. The monoisotopic (exact) mass is 420 g/mol. The fourth-order valence-corrected chi connectivity index (χ4v) is 3.13. The van der Waals surface area contributed by atoms with E-state index in [0.29, 0.717) is 29.6 Å². The largest absolute Gasteiger partial charge is 0.495 e. The number of hydrogen-bond acceptors (Lipinski definition) is 7. The predicted molar refractivity (Wildman–Crippen MR) is 113 cm³/mol. The van der Waals surface area contributed by atoms with Gasteiger partial charge in [0.2, 0.25) is 11.7 Å². The molecule has 0 bridgehead atoms. The number of para-hydroxylation sites is 2. The van der Waals surface area contributed by atoms with Crippen molar-refractivity contribution in [1.29, 1.82) is 0 Å². The van der Waals surface area contributed by atoms with Crippen LogP contribution in [0.4, 0.5) is 0 Å². The Labute approximate surface area is 177 Å². The van der Waals surface area contributed by atoms with E-state index in [0.717, 1.165) is 5.56 Å². The smallest absolute Gasteiger partial charge is 0.321 e. The zero-order valence-electron chi connectivity index (χ0n) is 17.0. The molecular formula is C22H20N4O5. The van der Waals surface area contributed by atoms with Gasteiger partial charge in [-0.2, -0.15) is 4.98 Å². The summed E-state index contributed by atoms with van der Waals surface area (Å²) in [7, 11) is 1.50. The van der Waals surface area contributed by atoms with E-state index in [1.807, 2.05) is 25.1 Å². The molecule has 31 heavy (non-hydrogen) atoms. The van der Waals surface area contributed by atoms with Crippen LogP contribution in [0.3, 0.4) is 0 Å². The second kappa shape index (κ2) is 8.70. The van der Waals surface area contributed by atoms with Crippen molar-refractivity contribution in [1.82, 2.24) is 19.3 Å². The summed E-state index contributed by atoms with van der Waals surface area (Å²) < 4.78 is 18.5. The van der Waals surface area contributed by atoms with Crippen LogP contribution in [-0.4, -0.2) is 33.0 Å². The first-order chi connectivity index (χ1) is 15.1. The average molecular weight is 420 g/mol. The molecule has 0 N–H and O–H groups in total. The summed E-state index contributed by atoms with van der Waals surface area (Å²) in [6.45, 7) is 2.42. The molecule has 9 heteroatoms. The lowest BCUT2D eigenvalue weighted by Gasteiger charge is -2.11. The van der Waals surface area contributed by atoms with Crippen molar-refractivity contribution in [2.75, 3.05) is 13.7 Å². The SMILES string of the molecule is CCOc1cccc(-c2noc(Cn3ccn(-c4ccccc4OC)c(=O)c3=O)n2)c1. The van der Waals surface area contributed by atoms with Crippen molar-refractivity contribution in [2.24, 2.45) is 0 Å². The van der Waals surface area contributed by atoms with Crippen LogP contribution in [-0.2, 0) is 6.54 Å². The van der Waals surface area contributed by atoms with Gasteiger partial charge in [-0.15, -0.1) is 0 Å². The van der Waals surface area contributed by atoms with Crippen LogP contribution in [0.25, 0.3) is 17.1 Å². The molecule has 0 radical (unpaired) electrons. The summed E-state index contributed by atoms with van der Waals surface area (Å²) in [5, 5.41) is 3.97.